The van der Waals surface area contributed by atoms with Gasteiger partial charge in [0.25, 0.3) is 0 Å². The summed E-state index contributed by atoms with van der Waals surface area (Å²) in [7, 11) is 1.56. The second kappa shape index (κ2) is 4.92. The molecule has 18 heavy (non-hydrogen) atoms. The Morgan fingerprint density at radius 1 is 1.39 bits per heavy atom. The van der Waals surface area contributed by atoms with Crippen LogP contribution < -0.4 is 10.2 Å². The van der Waals surface area contributed by atoms with E-state index in [1.54, 1.807) is 43.5 Å². The van der Waals surface area contributed by atoms with Crippen LogP contribution in [0.3, 0.4) is 0 Å². The lowest BCUT2D eigenvalue weighted by atomic mass is 10.1. The van der Waals surface area contributed by atoms with Crippen LogP contribution in [0.1, 0.15) is 18.2 Å². The largest absolute Gasteiger partial charge is 0.497 e. The Balaban J connectivity index is 2.87. The van der Waals surface area contributed by atoms with E-state index in [-0.39, 0.29) is 5.43 Å². The molecule has 0 aliphatic heterocycles. The standard InChI is InChI=1S/C15H14O3/c1-4-6-11-13(5-2)18-14-8-7-10(17-3)9-12(14)15(11)16/h4-9H,2H2,1,3H3/b6-4-. The Morgan fingerprint density at radius 2 is 2.17 bits per heavy atom. The van der Waals surface area contributed by atoms with Crippen LogP contribution in [0.15, 0.2) is 40.1 Å². The van der Waals surface area contributed by atoms with Crippen LogP contribution in [0.2, 0.25) is 0 Å². The van der Waals surface area contributed by atoms with Crippen molar-refractivity contribution in [2.45, 2.75) is 6.92 Å². The van der Waals surface area contributed by atoms with E-state index in [2.05, 4.69) is 6.58 Å². The van der Waals surface area contributed by atoms with Gasteiger partial charge < -0.3 is 9.15 Å². The zero-order valence-electron chi connectivity index (χ0n) is 10.4. The Kier molecular flexibility index (Phi) is 3.33. The van der Waals surface area contributed by atoms with Crippen molar-refractivity contribution in [1.82, 2.24) is 0 Å². The molecule has 0 aliphatic carbocycles. The quantitative estimate of drug-likeness (QED) is 0.827. The molecule has 3 heteroatoms. The maximum atomic E-state index is 12.4. The fourth-order valence-corrected chi connectivity index (χ4v) is 1.81. The normalized spacial score (nSPS) is 11.0. The summed E-state index contributed by atoms with van der Waals surface area (Å²) in [4.78, 5) is 12.4. The van der Waals surface area contributed by atoms with E-state index in [0.29, 0.717) is 28.0 Å². The molecule has 0 saturated carbocycles. The minimum Gasteiger partial charge on any atom is -0.497 e. The monoisotopic (exact) mass is 242 g/mol. The van der Waals surface area contributed by atoms with Gasteiger partial charge in [-0.3, -0.25) is 4.79 Å². The highest BCUT2D eigenvalue weighted by Crippen LogP contribution is 2.22. The van der Waals surface area contributed by atoms with Gasteiger partial charge in [-0.2, -0.15) is 0 Å². The van der Waals surface area contributed by atoms with Crippen molar-refractivity contribution in [2.75, 3.05) is 7.11 Å². The molecule has 3 nitrogen and oxygen atoms in total. The first kappa shape index (κ1) is 12.2. The topological polar surface area (TPSA) is 39.4 Å². The minimum atomic E-state index is -0.0804. The number of hydrogen-bond acceptors (Lipinski definition) is 3. The number of fused-ring (bicyclic) bond motifs is 1. The molecule has 0 fully saturated rings. The molecule has 0 radical (unpaired) electrons. The third-order valence-corrected chi connectivity index (χ3v) is 2.68. The molecule has 0 saturated heterocycles. The van der Waals surface area contributed by atoms with Gasteiger partial charge in [-0.15, -0.1) is 0 Å². The summed E-state index contributed by atoms with van der Waals surface area (Å²) >= 11 is 0. The average Bonchev–Trinajstić information content (AvgIpc) is 2.41. The van der Waals surface area contributed by atoms with E-state index in [9.17, 15) is 4.79 Å². The summed E-state index contributed by atoms with van der Waals surface area (Å²) in [5.74, 6) is 1.11. The molecule has 2 aromatic rings. The van der Waals surface area contributed by atoms with E-state index < -0.39 is 0 Å². The van der Waals surface area contributed by atoms with E-state index >= 15 is 0 Å². The number of ether oxygens (including phenoxy) is 1. The summed E-state index contributed by atoms with van der Waals surface area (Å²) in [5, 5.41) is 0.507. The smallest absolute Gasteiger partial charge is 0.200 e. The van der Waals surface area contributed by atoms with Gasteiger partial charge in [0.2, 0.25) is 5.43 Å². The first-order chi connectivity index (χ1) is 8.71. The Bertz CT molecular complexity index is 678. The first-order valence-corrected chi connectivity index (χ1v) is 5.61. The van der Waals surface area contributed by atoms with Crippen LogP contribution in [0.4, 0.5) is 0 Å². The zero-order chi connectivity index (χ0) is 13.1. The number of benzene rings is 1. The third kappa shape index (κ3) is 1.95. The molecule has 1 aromatic carbocycles. The van der Waals surface area contributed by atoms with Crippen LogP contribution in [0.5, 0.6) is 5.75 Å². The van der Waals surface area contributed by atoms with Crippen LogP contribution in [-0.4, -0.2) is 7.11 Å². The number of rotatable bonds is 3. The maximum Gasteiger partial charge on any atom is 0.200 e. The van der Waals surface area contributed by atoms with Gasteiger partial charge in [0.05, 0.1) is 18.1 Å². The average molecular weight is 242 g/mol. The molecule has 2 rings (SSSR count). The van der Waals surface area contributed by atoms with Gasteiger partial charge in [0.1, 0.15) is 17.1 Å². The Morgan fingerprint density at radius 3 is 2.78 bits per heavy atom. The minimum absolute atomic E-state index is 0.0804. The molecule has 0 unspecified atom stereocenters. The first-order valence-electron chi connectivity index (χ1n) is 5.61. The molecule has 0 spiro atoms. The van der Waals surface area contributed by atoms with Gasteiger partial charge in [0, 0.05) is 0 Å². The summed E-state index contributed by atoms with van der Waals surface area (Å²) in [5.41, 5.74) is 0.959. The second-order valence-corrected chi connectivity index (χ2v) is 3.78. The second-order valence-electron chi connectivity index (χ2n) is 3.78. The predicted molar refractivity (Wildman–Crippen MR) is 73.8 cm³/mol. The highest BCUT2D eigenvalue weighted by molar-refractivity contribution is 5.82. The van der Waals surface area contributed by atoms with Crippen LogP contribution in [0, 0.1) is 0 Å². The molecule has 0 atom stereocenters. The lowest BCUT2D eigenvalue weighted by Crippen LogP contribution is -2.07. The number of allylic oxidation sites excluding steroid dienone is 1. The highest BCUT2D eigenvalue weighted by atomic mass is 16.5. The number of hydrogen-bond donors (Lipinski definition) is 0. The van der Waals surface area contributed by atoms with Crippen LogP contribution in [0.25, 0.3) is 23.1 Å². The van der Waals surface area contributed by atoms with Crippen molar-refractivity contribution in [1.29, 1.82) is 0 Å². The van der Waals surface area contributed by atoms with Gasteiger partial charge in [-0.05, 0) is 31.2 Å². The van der Waals surface area contributed by atoms with Gasteiger partial charge in [-0.1, -0.05) is 18.7 Å². The lowest BCUT2D eigenvalue weighted by molar-refractivity contribution is 0.415. The van der Waals surface area contributed by atoms with E-state index in [1.807, 2.05) is 6.92 Å². The zero-order valence-corrected chi connectivity index (χ0v) is 10.4. The van der Waals surface area contributed by atoms with Crippen molar-refractivity contribution < 1.29 is 9.15 Å². The predicted octanol–water partition coefficient (Wildman–Crippen LogP) is 3.48. The molecular weight excluding hydrogens is 228 g/mol. The van der Waals surface area contributed by atoms with Crippen molar-refractivity contribution >= 4 is 23.1 Å². The Hall–Kier alpha value is -2.29. The maximum absolute atomic E-state index is 12.4. The van der Waals surface area contributed by atoms with Gasteiger partial charge >= 0.3 is 0 Å². The number of methoxy groups -OCH3 is 1. The molecule has 92 valence electrons. The van der Waals surface area contributed by atoms with Crippen molar-refractivity contribution in [2.24, 2.45) is 0 Å². The molecule has 0 bridgehead atoms. The van der Waals surface area contributed by atoms with Crippen LogP contribution in [-0.2, 0) is 0 Å². The summed E-state index contributed by atoms with van der Waals surface area (Å²) in [6.45, 7) is 5.51. The van der Waals surface area contributed by atoms with Crippen molar-refractivity contribution in [3.63, 3.8) is 0 Å². The molecule has 0 N–H and O–H groups in total. The van der Waals surface area contributed by atoms with E-state index in [0.717, 1.165) is 0 Å². The van der Waals surface area contributed by atoms with Crippen molar-refractivity contribution in [3.8, 4) is 5.75 Å². The molecule has 0 aliphatic rings. The summed E-state index contributed by atoms with van der Waals surface area (Å²) < 4.78 is 10.8. The molecular formula is C15H14O3. The van der Waals surface area contributed by atoms with E-state index in [1.165, 1.54) is 0 Å². The third-order valence-electron chi connectivity index (χ3n) is 2.68. The van der Waals surface area contributed by atoms with Crippen LogP contribution >= 0.6 is 0 Å². The Labute approximate surface area is 105 Å². The molecule has 1 heterocycles. The van der Waals surface area contributed by atoms with E-state index in [4.69, 9.17) is 9.15 Å². The van der Waals surface area contributed by atoms with Gasteiger partial charge in [0.15, 0.2) is 0 Å². The highest BCUT2D eigenvalue weighted by Gasteiger charge is 2.10. The summed E-state index contributed by atoms with van der Waals surface area (Å²) in [6, 6.07) is 5.16. The lowest BCUT2D eigenvalue weighted by Gasteiger charge is -2.05. The summed E-state index contributed by atoms with van der Waals surface area (Å²) in [6.07, 6.45) is 5.06. The molecule has 0 amide bonds. The molecule has 1 aromatic heterocycles. The fourth-order valence-electron chi connectivity index (χ4n) is 1.81. The van der Waals surface area contributed by atoms with Crippen molar-refractivity contribution in [3.05, 3.63) is 52.4 Å². The SMILES string of the molecule is C=Cc1oc2ccc(OC)cc2c(=O)c1/C=C\C. The van der Waals surface area contributed by atoms with Gasteiger partial charge in [-0.25, -0.2) is 0 Å². The fraction of sp³-hybridized carbons (Fsp3) is 0.133.